The summed E-state index contributed by atoms with van der Waals surface area (Å²) in [4.78, 5) is 30.4. The number of nitrogens with one attached hydrogen (secondary N) is 3. The number of rotatable bonds is 3. The van der Waals surface area contributed by atoms with Crippen LogP contribution < -0.4 is 10.6 Å². The number of H-pyrrole nitrogens is 1. The third-order valence-electron chi connectivity index (χ3n) is 3.09. The van der Waals surface area contributed by atoms with Crippen LogP contribution in [-0.4, -0.2) is 21.8 Å². The first-order valence-electron chi connectivity index (χ1n) is 6.75. The van der Waals surface area contributed by atoms with Crippen molar-refractivity contribution in [3.63, 3.8) is 0 Å². The standard InChI is InChI=1S/C16H14N4O2/c1-10(21)17-12-8-6-11(7-9-12)15(22)20-16-18-13-4-2-3-5-14(13)19-16/h2-9H,1H3,(H,17,21)(H2,18,19,20,22). The van der Waals surface area contributed by atoms with Gasteiger partial charge in [-0.05, 0) is 36.4 Å². The molecule has 3 rings (SSSR count). The summed E-state index contributed by atoms with van der Waals surface area (Å²) in [6, 6.07) is 14.2. The number of anilines is 2. The normalized spacial score (nSPS) is 10.4. The fraction of sp³-hybridized carbons (Fsp3) is 0.0625. The topological polar surface area (TPSA) is 86.9 Å². The highest BCUT2D eigenvalue weighted by Crippen LogP contribution is 2.15. The van der Waals surface area contributed by atoms with Gasteiger partial charge in [0.2, 0.25) is 11.9 Å². The minimum Gasteiger partial charge on any atom is -0.326 e. The van der Waals surface area contributed by atoms with E-state index in [9.17, 15) is 9.59 Å². The van der Waals surface area contributed by atoms with Crippen LogP contribution in [0.4, 0.5) is 11.6 Å². The molecule has 0 fully saturated rings. The van der Waals surface area contributed by atoms with E-state index in [2.05, 4.69) is 20.6 Å². The first kappa shape index (κ1) is 13.8. The number of para-hydroxylation sites is 2. The SMILES string of the molecule is CC(=O)Nc1ccc(C(=O)Nc2nc3ccccc3[nH]2)cc1. The molecule has 2 aromatic carbocycles. The molecule has 2 amide bonds. The molecule has 3 aromatic rings. The van der Waals surface area contributed by atoms with Crippen molar-refractivity contribution >= 4 is 34.5 Å². The number of imidazole rings is 1. The van der Waals surface area contributed by atoms with Gasteiger partial charge in [-0.3, -0.25) is 14.9 Å². The van der Waals surface area contributed by atoms with Crippen LogP contribution in [0.2, 0.25) is 0 Å². The third-order valence-corrected chi connectivity index (χ3v) is 3.09. The summed E-state index contributed by atoms with van der Waals surface area (Å²) < 4.78 is 0. The average molecular weight is 294 g/mol. The van der Waals surface area contributed by atoms with Gasteiger partial charge in [-0.2, -0.15) is 0 Å². The fourth-order valence-corrected chi connectivity index (χ4v) is 2.10. The Morgan fingerprint density at radius 1 is 1.00 bits per heavy atom. The fourth-order valence-electron chi connectivity index (χ4n) is 2.10. The molecule has 0 saturated heterocycles. The predicted octanol–water partition coefficient (Wildman–Crippen LogP) is 2.77. The van der Waals surface area contributed by atoms with E-state index in [1.54, 1.807) is 24.3 Å². The van der Waals surface area contributed by atoms with Crippen LogP contribution in [0.5, 0.6) is 0 Å². The van der Waals surface area contributed by atoms with Gasteiger partial charge >= 0.3 is 0 Å². The molecule has 0 bridgehead atoms. The van der Waals surface area contributed by atoms with Crippen molar-refractivity contribution < 1.29 is 9.59 Å². The number of benzene rings is 2. The first-order valence-corrected chi connectivity index (χ1v) is 6.75. The van der Waals surface area contributed by atoms with Crippen molar-refractivity contribution in [2.75, 3.05) is 10.6 Å². The lowest BCUT2D eigenvalue weighted by Crippen LogP contribution is -2.13. The number of nitrogens with zero attached hydrogens (tertiary/aromatic N) is 1. The number of fused-ring (bicyclic) bond motifs is 1. The summed E-state index contributed by atoms with van der Waals surface area (Å²) in [5.41, 5.74) is 2.78. The number of carbonyl (C=O) groups excluding carboxylic acids is 2. The van der Waals surface area contributed by atoms with Gasteiger partial charge in [-0.25, -0.2) is 4.98 Å². The Balaban J connectivity index is 1.74. The molecule has 0 aliphatic carbocycles. The Hall–Kier alpha value is -3.15. The highest BCUT2D eigenvalue weighted by atomic mass is 16.2. The molecule has 1 heterocycles. The van der Waals surface area contributed by atoms with E-state index in [-0.39, 0.29) is 11.8 Å². The van der Waals surface area contributed by atoms with Gasteiger partial charge in [0, 0.05) is 18.2 Å². The van der Waals surface area contributed by atoms with Crippen molar-refractivity contribution in [1.29, 1.82) is 0 Å². The smallest absolute Gasteiger partial charge is 0.257 e. The Kier molecular flexibility index (Phi) is 3.57. The van der Waals surface area contributed by atoms with Crippen LogP contribution in [0.1, 0.15) is 17.3 Å². The highest BCUT2D eigenvalue weighted by Gasteiger charge is 2.09. The van der Waals surface area contributed by atoms with Gasteiger partial charge in [0.25, 0.3) is 5.91 Å². The Bertz CT molecular complexity index is 804. The number of hydrogen-bond acceptors (Lipinski definition) is 3. The zero-order chi connectivity index (χ0) is 15.5. The third kappa shape index (κ3) is 2.95. The molecular weight excluding hydrogens is 280 g/mol. The molecule has 0 aliphatic heterocycles. The maximum absolute atomic E-state index is 12.2. The highest BCUT2D eigenvalue weighted by molar-refractivity contribution is 6.04. The van der Waals surface area contributed by atoms with Crippen molar-refractivity contribution in [2.45, 2.75) is 6.92 Å². The predicted molar refractivity (Wildman–Crippen MR) is 84.8 cm³/mol. The zero-order valence-corrected chi connectivity index (χ0v) is 11.9. The molecule has 0 aliphatic rings. The lowest BCUT2D eigenvalue weighted by atomic mass is 10.2. The molecule has 0 atom stereocenters. The summed E-state index contributed by atoms with van der Waals surface area (Å²) >= 11 is 0. The molecule has 110 valence electrons. The van der Waals surface area contributed by atoms with Gasteiger partial charge in [0.05, 0.1) is 11.0 Å². The zero-order valence-electron chi connectivity index (χ0n) is 11.9. The second-order valence-electron chi connectivity index (χ2n) is 4.82. The molecule has 22 heavy (non-hydrogen) atoms. The van der Waals surface area contributed by atoms with Crippen LogP contribution in [0.15, 0.2) is 48.5 Å². The summed E-state index contributed by atoms with van der Waals surface area (Å²) in [5.74, 6) is -0.0231. The molecule has 0 radical (unpaired) electrons. The average Bonchev–Trinajstić information content (AvgIpc) is 2.89. The Morgan fingerprint density at radius 3 is 2.41 bits per heavy atom. The van der Waals surface area contributed by atoms with Gasteiger partial charge < -0.3 is 10.3 Å². The van der Waals surface area contributed by atoms with Gasteiger partial charge in [-0.1, -0.05) is 12.1 Å². The van der Waals surface area contributed by atoms with E-state index in [0.29, 0.717) is 17.2 Å². The molecule has 6 nitrogen and oxygen atoms in total. The Morgan fingerprint density at radius 2 is 1.73 bits per heavy atom. The summed E-state index contributed by atoms with van der Waals surface area (Å²) in [6.45, 7) is 1.43. The van der Waals surface area contributed by atoms with Gasteiger partial charge in [0.15, 0.2) is 0 Å². The quantitative estimate of drug-likeness (QED) is 0.694. The second kappa shape index (κ2) is 5.69. The van der Waals surface area contributed by atoms with E-state index >= 15 is 0 Å². The molecule has 0 saturated carbocycles. The van der Waals surface area contributed by atoms with Crippen molar-refractivity contribution in [3.05, 3.63) is 54.1 Å². The monoisotopic (exact) mass is 294 g/mol. The van der Waals surface area contributed by atoms with Gasteiger partial charge in [-0.15, -0.1) is 0 Å². The number of hydrogen-bond donors (Lipinski definition) is 3. The van der Waals surface area contributed by atoms with Crippen LogP contribution in [0, 0.1) is 0 Å². The molecular formula is C16H14N4O2. The summed E-state index contributed by atoms with van der Waals surface area (Å²) in [5, 5.41) is 5.36. The largest absolute Gasteiger partial charge is 0.326 e. The Labute approximate surface area is 126 Å². The molecule has 0 unspecified atom stereocenters. The van der Waals surface area contributed by atoms with E-state index < -0.39 is 0 Å². The maximum Gasteiger partial charge on any atom is 0.257 e. The van der Waals surface area contributed by atoms with E-state index in [1.807, 2.05) is 24.3 Å². The van der Waals surface area contributed by atoms with Crippen LogP contribution in [-0.2, 0) is 4.79 Å². The van der Waals surface area contributed by atoms with Crippen LogP contribution in [0.25, 0.3) is 11.0 Å². The molecule has 1 aromatic heterocycles. The molecule has 6 heteroatoms. The minimum atomic E-state index is -0.270. The minimum absolute atomic E-state index is 0.153. The van der Waals surface area contributed by atoms with Crippen LogP contribution >= 0.6 is 0 Å². The first-order chi connectivity index (χ1) is 10.6. The van der Waals surface area contributed by atoms with Crippen molar-refractivity contribution in [3.8, 4) is 0 Å². The van der Waals surface area contributed by atoms with E-state index in [0.717, 1.165) is 11.0 Å². The van der Waals surface area contributed by atoms with Crippen molar-refractivity contribution in [1.82, 2.24) is 9.97 Å². The van der Waals surface area contributed by atoms with E-state index in [1.165, 1.54) is 6.92 Å². The summed E-state index contributed by atoms with van der Waals surface area (Å²) in [6.07, 6.45) is 0. The molecule has 0 spiro atoms. The number of aromatic amines is 1. The second-order valence-corrected chi connectivity index (χ2v) is 4.82. The lowest BCUT2D eigenvalue weighted by Gasteiger charge is -2.04. The maximum atomic E-state index is 12.2. The van der Waals surface area contributed by atoms with Gasteiger partial charge in [0.1, 0.15) is 0 Å². The van der Waals surface area contributed by atoms with E-state index in [4.69, 9.17) is 0 Å². The van der Waals surface area contributed by atoms with Crippen LogP contribution in [0.3, 0.4) is 0 Å². The number of aromatic nitrogens is 2. The lowest BCUT2D eigenvalue weighted by molar-refractivity contribution is -0.114. The van der Waals surface area contributed by atoms with Crippen molar-refractivity contribution in [2.24, 2.45) is 0 Å². The summed E-state index contributed by atoms with van der Waals surface area (Å²) in [7, 11) is 0. The molecule has 3 N–H and O–H groups in total. The number of carbonyl (C=O) groups is 2. The number of amides is 2.